The Labute approximate surface area is 203 Å². The topological polar surface area (TPSA) is 79.6 Å². The number of carbonyl (C=O) groups excluding carboxylic acids is 1. The van der Waals surface area contributed by atoms with Crippen LogP contribution in [0.15, 0.2) is 101 Å². The van der Waals surface area contributed by atoms with Gasteiger partial charge in [-0.15, -0.1) is 0 Å². The highest BCUT2D eigenvalue weighted by Crippen LogP contribution is 2.31. The van der Waals surface area contributed by atoms with Crippen molar-refractivity contribution in [2.24, 2.45) is 0 Å². The summed E-state index contributed by atoms with van der Waals surface area (Å²) in [6.45, 7) is 2.20. The molecule has 1 aromatic heterocycles. The summed E-state index contributed by atoms with van der Waals surface area (Å²) in [7, 11) is -3.87. The Bertz CT molecular complexity index is 1370. The SMILES string of the molecule is Cc1ccc(Cl)cc1N(Cc1ccc(C(=O)NCc2ccco2)cc1)S(=O)(=O)c1ccccc1. The number of aryl methyl sites for hydroxylation is 1. The highest BCUT2D eigenvalue weighted by atomic mass is 35.5. The third-order valence-corrected chi connectivity index (χ3v) is 7.33. The molecule has 0 bridgehead atoms. The van der Waals surface area contributed by atoms with Crippen molar-refractivity contribution in [1.29, 1.82) is 0 Å². The third kappa shape index (κ3) is 5.32. The number of amides is 1. The summed E-state index contributed by atoms with van der Waals surface area (Å²) >= 11 is 6.21. The summed E-state index contributed by atoms with van der Waals surface area (Å²) in [6, 6.07) is 23.8. The molecule has 8 heteroatoms. The van der Waals surface area contributed by atoms with Crippen LogP contribution in [0.5, 0.6) is 0 Å². The molecule has 6 nitrogen and oxygen atoms in total. The normalized spacial score (nSPS) is 11.2. The van der Waals surface area contributed by atoms with Gasteiger partial charge in [-0.25, -0.2) is 8.42 Å². The van der Waals surface area contributed by atoms with Crippen molar-refractivity contribution in [3.05, 3.63) is 119 Å². The highest BCUT2D eigenvalue weighted by molar-refractivity contribution is 7.92. The zero-order chi connectivity index (χ0) is 24.1. The molecular weight excluding hydrogens is 472 g/mol. The molecule has 4 rings (SSSR count). The van der Waals surface area contributed by atoms with Gasteiger partial charge in [-0.05, 0) is 66.6 Å². The maximum Gasteiger partial charge on any atom is 0.264 e. The molecule has 1 N–H and O–H groups in total. The second-order valence-corrected chi connectivity index (χ2v) is 10.0. The van der Waals surface area contributed by atoms with Crippen LogP contribution >= 0.6 is 11.6 Å². The smallest absolute Gasteiger partial charge is 0.264 e. The number of hydrogen-bond acceptors (Lipinski definition) is 4. The second-order valence-electron chi connectivity index (χ2n) is 7.71. The van der Waals surface area contributed by atoms with Gasteiger partial charge in [0.25, 0.3) is 15.9 Å². The first-order chi connectivity index (χ1) is 16.3. The Kier molecular flexibility index (Phi) is 7.05. The zero-order valence-electron chi connectivity index (χ0n) is 18.4. The molecule has 0 atom stereocenters. The van der Waals surface area contributed by atoms with E-state index in [4.69, 9.17) is 16.0 Å². The second kappa shape index (κ2) is 10.2. The van der Waals surface area contributed by atoms with Gasteiger partial charge in [0.2, 0.25) is 0 Å². The van der Waals surface area contributed by atoms with E-state index in [1.54, 1.807) is 91.2 Å². The van der Waals surface area contributed by atoms with E-state index in [1.165, 1.54) is 4.31 Å². The molecule has 0 fully saturated rings. The maximum absolute atomic E-state index is 13.6. The zero-order valence-corrected chi connectivity index (χ0v) is 20.0. The molecule has 0 saturated carbocycles. The summed E-state index contributed by atoms with van der Waals surface area (Å²) in [5.41, 5.74) is 2.46. The van der Waals surface area contributed by atoms with Gasteiger partial charge in [-0.2, -0.15) is 0 Å². The third-order valence-electron chi connectivity index (χ3n) is 5.32. The van der Waals surface area contributed by atoms with Gasteiger partial charge in [0, 0.05) is 10.6 Å². The summed E-state index contributed by atoms with van der Waals surface area (Å²) in [6.07, 6.45) is 1.55. The lowest BCUT2D eigenvalue weighted by molar-refractivity contribution is 0.0948. The van der Waals surface area contributed by atoms with Crippen LogP contribution in [-0.2, 0) is 23.1 Å². The van der Waals surface area contributed by atoms with E-state index in [2.05, 4.69) is 5.32 Å². The number of halogens is 1. The van der Waals surface area contributed by atoms with Gasteiger partial charge in [0.1, 0.15) is 5.76 Å². The Balaban J connectivity index is 1.60. The van der Waals surface area contributed by atoms with Crippen molar-refractivity contribution < 1.29 is 17.6 Å². The fourth-order valence-electron chi connectivity index (χ4n) is 3.48. The summed E-state index contributed by atoms with van der Waals surface area (Å²) in [4.78, 5) is 12.6. The van der Waals surface area contributed by atoms with Crippen molar-refractivity contribution in [2.45, 2.75) is 24.9 Å². The molecule has 4 aromatic rings. The fraction of sp³-hybridized carbons (Fsp3) is 0.115. The average Bonchev–Trinajstić information content (AvgIpc) is 3.37. The predicted molar refractivity (Wildman–Crippen MR) is 132 cm³/mol. The predicted octanol–water partition coefficient (Wildman–Crippen LogP) is 5.57. The van der Waals surface area contributed by atoms with E-state index in [0.717, 1.165) is 11.1 Å². The number of carbonyl (C=O) groups is 1. The first kappa shape index (κ1) is 23.6. The molecule has 0 aliphatic carbocycles. The molecule has 1 heterocycles. The molecule has 3 aromatic carbocycles. The average molecular weight is 495 g/mol. The van der Waals surface area contributed by atoms with Crippen molar-refractivity contribution in [1.82, 2.24) is 5.32 Å². The van der Waals surface area contributed by atoms with Crippen LogP contribution in [0.2, 0.25) is 5.02 Å². The molecule has 0 aliphatic heterocycles. The van der Waals surface area contributed by atoms with Gasteiger partial charge >= 0.3 is 0 Å². The lowest BCUT2D eigenvalue weighted by atomic mass is 10.1. The van der Waals surface area contributed by atoms with Gasteiger partial charge in [-0.3, -0.25) is 9.10 Å². The Morgan fingerprint density at radius 3 is 2.38 bits per heavy atom. The molecule has 0 radical (unpaired) electrons. The molecular formula is C26H23ClN2O4S. The highest BCUT2D eigenvalue weighted by Gasteiger charge is 2.26. The quantitative estimate of drug-likeness (QED) is 0.347. The lowest BCUT2D eigenvalue weighted by Gasteiger charge is -2.26. The Morgan fingerprint density at radius 1 is 0.971 bits per heavy atom. The van der Waals surface area contributed by atoms with Crippen LogP contribution in [0.1, 0.15) is 27.2 Å². The minimum Gasteiger partial charge on any atom is -0.467 e. The monoisotopic (exact) mass is 494 g/mol. The number of nitrogens with one attached hydrogen (secondary N) is 1. The fourth-order valence-corrected chi connectivity index (χ4v) is 5.18. The van der Waals surface area contributed by atoms with Crippen LogP contribution < -0.4 is 9.62 Å². The molecule has 0 aliphatic rings. The van der Waals surface area contributed by atoms with Crippen LogP contribution in [0.4, 0.5) is 5.69 Å². The minimum atomic E-state index is -3.87. The number of anilines is 1. The summed E-state index contributed by atoms with van der Waals surface area (Å²) < 4.78 is 33.7. The molecule has 34 heavy (non-hydrogen) atoms. The van der Waals surface area contributed by atoms with Crippen LogP contribution in [0, 0.1) is 6.92 Å². The standard InChI is InChI=1S/C26H23ClN2O4S/c1-19-9-14-22(27)16-25(19)29(34(31,32)24-7-3-2-4-8-24)18-20-10-12-21(13-11-20)26(30)28-17-23-6-5-15-33-23/h2-16H,17-18H2,1H3,(H,28,30). The van der Waals surface area contributed by atoms with E-state index in [1.807, 2.05) is 6.92 Å². The summed E-state index contributed by atoms with van der Waals surface area (Å²) in [5, 5.41) is 3.24. The number of sulfonamides is 1. The first-order valence-corrected chi connectivity index (χ1v) is 12.4. The largest absolute Gasteiger partial charge is 0.467 e. The first-order valence-electron chi connectivity index (χ1n) is 10.6. The molecule has 0 saturated heterocycles. The molecule has 0 unspecified atom stereocenters. The number of furan rings is 1. The number of rotatable bonds is 8. The number of nitrogens with zero attached hydrogens (tertiary/aromatic N) is 1. The molecule has 174 valence electrons. The van der Waals surface area contributed by atoms with Gasteiger partial charge in [0.05, 0.1) is 29.9 Å². The molecule has 0 spiro atoms. The van der Waals surface area contributed by atoms with E-state index in [0.29, 0.717) is 22.0 Å². The van der Waals surface area contributed by atoms with Gasteiger partial charge < -0.3 is 9.73 Å². The van der Waals surface area contributed by atoms with Crippen molar-refractivity contribution in [3.63, 3.8) is 0 Å². The lowest BCUT2D eigenvalue weighted by Crippen LogP contribution is -2.31. The van der Waals surface area contributed by atoms with Gasteiger partial charge in [-0.1, -0.05) is 48.0 Å². The van der Waals surface area contributed by atoms with Gasteiger partial charge in [0.15, 0.2) is 0 Å². The Morgan fingerprint density at radius 2 is 1.71 bits per heavy atom. The van der Waals surface area contributed by atoms with E-state index in [-0.39, 0.29) is 23.9 Å². The van der Waals surface area contributed by atoms with Crippen LogP contribution in [-0.4, -0.2) is 14.3 Å². The van der Waals surface area contributed by atoms with E-state index >= 15 is 0 Å². The molecule has 1 amide bonds. The van der Waals surface area contributed by atoms with Crippen LogP contribution in [0.3, 0.4) is 0 Å². The van der Waals surface area contributed by atoms with E-state index < -0.39 is 10.0 Å². The minimum absolute atomic E-state index is 0.0761. The van der Waals surface area contributed by atoms with Crippen LogP contribution in [0.25, 0.3) is 0 Å². The van der Waals surface area contributed by atoms with Crippen molar-refractivity contribution >= 4 is 33.2 Å². The maximum atomic E-state index is 13.6. The Hall–Kier alpha value is -3.55. The number of benzene rings is 3. The summed E-state index contributed by atoms with van der Waals surface area (Å²) in [5.74, 6) is 0.408. The van der Waals surface area contributed by atoms with E-state index in [9.17, 15) is 13.2 Å². The van der Waals surface area contributed by atoms with Crippen molar-refractivity contribution in [2.75, 3.05) is 4.31 Å². The van der Waals surface area contributed by atoms with Crippen molar-refractivity contribution in [3.8, 4) is 0 Å². The number of hydrogen-bond donors (Lipinski definition) is 1.